The van der Waals surface area contributed by atoms with Crippen molar-refractivity contribution in [3.63, 3.8) is 0 Å². The quantitative estimate of drug-likeness (QED) is 0.322. The van der Waals surface area contributed by atoms with Crippen molar-refractivity contribution >= 4 is 16.1 Å². The highest BCUT2D eigenvalue weighted by atomic mass is 127. The Morgan fingerprint density at radius 2 is 2.08 bits per heavy atom. The lowest BCUT2D eigenvalue weighted by atomic mass is 10.0. The molecule has 1 aromatic rings. The van der Waals surface area contributed by atoms with E-state index in [0.29, 0.717) is 6.42 Å². The van der Waals surface area contributed by atoms with E-state index in [0.717, 1.165) is 9.21 Å². The summed E-state index contributed by atoms with van der Waals surface area (Å²) in [6.07, 6.45) is 4.48. The van der Waals surface area contributed by atoms with Crippen LogP contribution in [0, 0.1) is 0 Å². The number of likely N-dealkylation sites (tertiary alicyclic amines) is 1. The molecule has 2 saturated heterocycles. The molecule has 0 N–H and O–H groups in total. The zero-order valence-electron chi connectivity index (χ0n) is 13.1. The van der Waals surface area contributed by atoms with Crippen LogP contribution in [0.5, 0.6) is 0 Å². The number of rotatable bonds is 1. The molecule has 0 aromatic carbocycles. The zero-order valence-corrected chi connectivity index (χ0v) is 16.1. The Balaban J connectivity index is 0.00000208. The van der Waals surface area contributed by atoms with Crippen molar-refractivity contribution in [1.82, 2.24) is 13.8 Å². The van der Waals surface area contributed by atoms with Gasteiger partial charge in [0.2, 0.25) is 10.0 Å². The molecule has 7 nitrogen and oxygen atoms in total. The summed E-state index contributed by atoms with van der Waals surface area (Å²) in [6, 6.07) is -1.45. The van der Waals surface area contributed by atoms with Crippen molar-refractivity contribution in [2.45, 2.75) is 24.8 Å². The van der Waals surface area contributed by atoms with E-state index in [1.54, 1.807) is 17.8 Å². The Labute approximate surface area is 156 Å². The Morgan fingerprint density at radius 3 is 2.62 bits per heavy atom. The molecule has 2 aliphatic rings. The molecule has 3 rings (SSSR count). The van der Waals surface area contributed by atoms with Gasteiger partial charge in [0.25, 0.3) is 12.2 Å². The van der Waals surface area contributed by atoms with E-state index in [4.69, 9.17) is 0 Å². The van der Waals surface area contributed by atoms with Crippen LogP contribution in [0.3, 0.4) is 0 Å². The second-order valence-electron chi connectivity index (χ2n) is 6.14. The van der Waals surface area contributed by atoms with Crippen molar-refractivity contribution in [1.29, 1.82) is 0 Å². The van der Waals surface area contributed by atoms with Crippen molar-refractivity contribution in [2.75, 3.05) is 25.4 Å². The van der Waals surface area contributed by atoms with Gasteiger partial charge < -0.3 is 24.0 Å². The zero-order chi connectivity index (χ0) is 16.8. The van der Waals surface area contributed by atoms with Gasteiger partial charge in [-0.15, -0.1) is 0 Å². The first-order valence-electron chi connectivity index (χ1n) is 7.38. The van der Waals surface area contributed by atoms with Crippen LogP contribution in [0.25, 0.3) is 0 Å². The second-order valence-corrected chi connectivity index (χ2v) is 8.18. The van der Waals surface area contributed by atoms with Crippen LogP contribution in [-0.2, 0) is 17.1 Å². The van der Waals surface area contributed by atoms with E-state index >= 15 is 0 Å². The summed E-state index contributed by atoms with van der Waals surface area (Å²) >= 11 is 0. The molecule has 0 saturated carbocycles. The summed E-state index contributed by atoms with van der Waals surface area (Å²) < 4.78 is 56.1. The van der Waals surface area contributed by atoms with Gasteiger partial charge in [0.1, 0.15) is 12.4 Å². The van der Waals surface area contributed by atoms with Gasteiger partial charge in [0.05, 0.1) is 19.3 Å². The summed E-state index contributed by atoms with van der Waals surface area (Å²) in [5.74, 6) is -3.12. The minimum absolute atomic E-state index is 0. The number of hydrogen-bond acceptors (Lipinski definition) is 3. The number of nitrogens with zero attached hydrogens (tertiary/aromatic N) is 4. The fraction of sp³-hybridized carbons (Fsp3) is 0.692. The van der Waals surface area contributed by atoms with Crippen LogP contribution >= 0.6 is 0 Å². The summed E-state index contributed by atoms with van der Waals surface area (Å²) in [6.45, 7) is -0.475. The van der Waals surface area contributed by atoms with Crippen molar-refractivity contribution in [2.24, 2.45) is 7.05 Å². The average molecular weight is 476 g/mol. The molecule has 0 spiro atoms. The third-order valence-electron chi connectivity index (χ3n) is 4.19. The van der Waals surface area contributed by atoms with Crippen LogP contribution in [0.15, 0.2) is 18.7 Å². The van der Waals surface area contributed by atoms with Gasteiger partial charge in [-0.25, -0.2) is 26.6 Å². The number of alkyl halides is 2. The van der Waals surface area contributed by atoms with Gasteiger partial charge in [-0.1, -0.05) is 0 Å². The molecule has 24 heavy (non-hydrogen) atoms. The standard InChI is InChI=1S/C13H19F2N4O3S.HI/c1-16-4-5-17(10-16)12(20)18-8-11(7-13(14,15)9-18)19-3-2-6-23(19,21)22;/h4-5,10-11H,2-3,6-9H2,1H3;1H/q+1;/p-1/t11-;/m1./s1. The lowest BCUT2D eigenvalue weighted by Gasteiger charge is -2.39. The molecular weight excluding hydrogens is 457 g/mol. The summed E-state index contributed by atoms with van der Waals surface area (Å²) in [7, 11) is -1.78. The van der Waals surface area contributed by atoms with E-state index in [9.17, 15) is 22.0 Å². The Morgan fingerprint density at radius 1 is 1.38 bits per heavy atom. The number of hydrogen-bond donors (Lipinski definition) is 0. The van der Waals surface area contributed by atoms with Gasteiger partial charge in [-0.3, -0.25) is 4.90 Å². The molecule has 136 valence electrons. The van der Waals surface area contributed by atoms with Crippen molar-refractivity contribution in [3.05, 3.63) is 18.7 Å². The number of sulfonamides is 1. The first-order chi connectivity index (χ1) is 10.7. The number of aromatic nitrogens is 2. The molecule has 0 unspecified atom stereocenters. The van der Waals surface area contributed by atoms with Crippen molar-refractivity contribution < 1.29 is 50.5 Å². The van der Waals surface area contributed by atoms with E-state index in [1.165, 1.54) is 17.1 Å². The molecule has 0 radical (unpaired) electrons. The molecular formula is C13H19F2IN4O3S. The first kappa shape index (κ1) is 19.5. The third kappa shape index (κ3) is 3.87. The van der Waals surface area contributed by atoms with E-state index in [-0.39, 0.29) is 42.8 Å². The fourth-order valence-corrected chi connectivity index (χ4v) is 4.94. The largest absolute Gasteiger partial charge is 1.00 e. The smallest absolute Gasteiger partial charge is 0.416 e. The first-order valence-corrected chi connectivity index (χ1v) is 8.99. The normalized spacial score (nSPS) is 26.1. The molecule has 0 aliphatic carbocycles. The number of halogens is 3. The number of carbonyl (C=O) groups is 1. The van der Waals surface area contributed by atoms with Gasteiger partial charge >= 0.3 is 6.03 Å². The molecule has 11 heteroatoms. The fourth-order valence-electron chi connectivity index (χ4n) is 3.21. The Hall–Kier alpha value is -0.820. The average Bonchev–Trinajstić information content (AvgIpc) is 3.01. The molecule has 2 fully saturated rings. The number of imidazole rings is 1. The maximum absolute atomic E-state index is 14.1. The maximum atomic E-state index is 14.1. The summed E-state index contributed by atoms with van der Waals surface area (Å²) in [4.78, 5) is 13.4. The molecule has 1 amide bonds. The molecule has 2 aliphatic heterocycles. The number of aryl methyl sites for hydroxylation is 1. The summed E-state index contributed by atoms with van der Waals surface area (Å²) in [5.41, 5.74) is 0. The predicted octanol–water partition coefficient (Wildman–Crippen LogP) is -2.97. The summed E-state index contributed by atoms with van der Waals surface area (Å²) in [5, 5.41) is 0. The van der Waals surface area contributed by atoms with Crippen LogP contribution < -0.4 is 28.5 Å². The molecule has 3 heterocycles. The monoisotopic (exact) mass is 476 g/mol. The molecule has 1 atom stereocenters. The van der Waals surface area contributed by atoms with E-state index in [2.05, 4.69) is 0 Å². The van der Waals surface area contributed by atoms with Gasteiger partial charge in [0, 0.05) is 25.6 Å². The van der Waals surface area contributed by atoms with Crippen LogP contribution in [0.1, 0.15) is 12.8 Å². The number of piperidine rings is 1. The van der Waals surface area contributed by atoms with Crippen LogP contribution in [0.4, 0.5) is 13.6 Å². The van der Waals surface area contributed by atoms with Gasteiger partial charge in [-0.2, -0.15) is 8.87 Å². The molecule has 0 bridgehead atoms. The highest BCUT2D eigenvalue weighted by Gasteiger charge is 2.48. The maximum Gasteiger partial charge on any atom is 0.416 e. The Kier molecular flexibility index (Phi) is 5.55. The minimum Gasteiger partial charge on any atom is -1.00 e. The SMILES string of the molecule is C[n+]1ccn(C(=O)N2C[C@H](N3CCCS3(=O)=O)CC(F)(F)C2)c1.[I-]. The lowest BCUT2D eigenvalue weighted by Crippen LogP contribution is -3.00. The molecule has 1 aromatic heterocycles. The second kappa shape index (κ2) is 6.83. The van der Waals surface area contributed by atoms with E-state index < -0.39 is 41.0 Å². The van der Waals surface area contributed by atoms with Crippen LogP contribution in [0.2, 0.25) is 0 Å². The number of amides is 1. The van der Waals surface area contributed by atoms with Crippen LogP contribution in [-0.4, -0.2) is 65.6 Å². The Bertz CT molecular complexity index is 725. The highest BCUT2D eigenvalue weighted by molar-refractivity contribution is 7.89. The van der Waals surface area contributed by atoms with Gasteiger partial charge in [-0.05, 0) is 6.42 Å². The highest BCUT2D eigenvalue weighted by Crippen LogP contribution is 2.32. The third-order valence-corrected chi connectivity index (χ3v) is 6.19. The minimum atomic E-state index is -3.50. The number of carbonyl (C=O) groups excluding carboxylic acids is 1. The van der Waals surface area contributed by atoms with E-state index in [1.807, 2.05) is 0 Å². The lowest BCUT2D eigenvalue weighted by molar-refractivity contribution is -0.670. The van der Waals surface area contributed by atoms with Crippen molar-refractivity contribution in [3.8, 4) is 0 Å². The predicted molar refractivity (Wildman–Crippen MR) is 76.4 cm³/mol. The van der Waals surface area contributed by atoms with Gasteiger partial charge in [0.15, 0.2) is 0 Å². The topological polar surface area (TPSA) is 66.5 Å².